The summed E-state index contributed by atoms with van der Waals surface area (Å²) >= 11 is 0. The topological polar surface area (TPSA) is 88.2 Å². The van der Waals surface area contributed by atoms with Crippen molar-refractivity contribution < 1.29 is 13.2 Å². The summed E-state index contributed by atoms with van der Waals surface area (Å²) in [6.07, 6.45) is -4.09. The molecule has 4 nitrogen and oxygen atoms in total. The van der Waals surface area contributed by atoms with Gasteiger partial charge < -0.3 is 11.5 Å². The average Bonchev–Trinajstić information content (AvgIpc) is 2.34. The lowest BCUT2D eigenvalue weighted by Crippen LogP contribution is -2.29. The molecular weight excluding hydrogens is 245 g/mol. The summed E-state index contributed by atoms with van der Waals surface area (Å²) in [5, 5.41) is 8.63. The Morgan fingerprint density at radius 1 is 1.39 bits per heavy atom. The molecule has 0 fully saturated rings. The van der Waals surface area contributed by atoms with Crippen LogP contribution >= 0.6 is 0 Å². The third kappa shape index (κ3) is 3.25. The van der Waals surface area contributed by atoms with Crippen molar-refractivity contribution in [2.75, 3.05) is 0 Å². The second kappa shape index (κ2) is 5.23. The molecule has 0 spiro atoms. The van der Waals surface area contributed by atoms with Gasteiger partial charge in [-0.1, -0.05) is 6.07 Å². The van der Waals surface area contributed by atoms with E-state index in [2.05, 4.69) is 4.99 Å². The Hall–Kier alpha value is -2.49. The standard InChI is InChI=1S/C11H9F3N4/c12-11(13,14)10(9(17)6-16)18-8-3-1-2-7(4-8)5-15/h1-4,6H,16-17H2/b9-6+,18-10?. The molecule has 1 aromatic rings. The summed E-state index contributed by atoms with van der Waals surface area (Å²) in [4.78, 5) is 3.38. The maximum Gasteiger partial charge on any atom is 0.435 e. The lowest BCUT2D eigenvalue weighted by molar-refractivity contribution is -0.0582. The zero-order chi connectivity index (χ0) is 13.8. The molecular formula is C11H9F3N4. The molecule has 1 rings (SSSR count). The fraction of sp³-hybridized carbons (Fsp3) is 0.0909. The summed E-state index contributed by atoms with van der Waals surface area (Å²) in [7, 11) is 0. The summed E-state index contributed by atoms with van der Waals surface area (Å²) < 4.78 is 38.0. The lowest BCUT2D eigenvalue weighted by Gasteiger charge is -2.10. The van der Waals surface area contributed by atoms with Gasteiger partial charge in [0.05, 0.1) is 23.0 Å². The highest BCUT2D eigenvalue weighted by Crippen LogP contribution is 2.24. The van der Waals surface area contributed by atoms with E-state index >= 15 is 0 Å². The number of aliphatic imine (C=N–C) groups is 1. The zero-order valence-corrected chi connectivity index (χ0v) is 9.07. The van der Waals surface area contributed by atoms with Gasteiger partial charge in [0.25, 0.3) is 0 Å². The van der Waals surface area contributed by atoms with Gasteiger partial charge in [-0.3, -0.25) is 0 Å². The molecule has 18 heavy (non-hydrogen) atoms. The lowest BCUT2D eigenvalue weighted by atomic mass is 10.2. The number of rotatable bonds is 2. The Balaban J connectivity index is 3.29. The maximum atomic E-state index is 12.7. The Morgan fingerprint density at radius 3 is 2.56 bits per heavy atom. The summed E-state index contributed by atoms with van der Waals surface area (Å²) in [6.45, 7) is 0. The predicted octanol–water partition coefficient (Wildman–Crippen LogP) is 1.95. The van der Waals surface area contributed by atoms with Crippen LogP contribution in [0.1, 0.15) is 5.56 Å². The van der Waals surface area contributed by atoms with E-state index in [0.717, 1.165) is 0 Å². The highest BCUT2D eigenvalue weighted by molar-refractivity contribution is 6.04. The van der Waals surface area contributed by atoms with E-state index in [1.54, 1.807) is 6.07 Å². The number of nitrogens with two attached hydrogens (primary N) is 2. The molecule has 0 saturated carbocycles. The number of halogens is 3. The summed E-state index contributed by atoms with van der Waals surface area (Å²) in [5.74, 6) is 0. The molecule has 0 heterocycles. The molecule has 0 amide bonds. The smallest absolute Gasteiger partial charge is 0.403 e. The monoisotopic (exact) mass is 254 g/mol. The van der Waals surface area contributed by atoms with E-state index in [-0.39, 0.29) is 11.3 Å². The Labute approximate surface area is 101 Å². The second-order valence-electron chi connectivity index (χ2n) is 3.24. The first kappa shape index (κ1) is 13.6. The van der Waals surface area contributed by atoms with Crippen LogP contribution in [0.5, 0.6) is 0 Å². The van der Waals surface area contributed by atoms with Gasteiger partial charge in [0.1, 0.15) is 0 Å². The van der Waals surface area contributed by atoms with Crippen LogP contribution in [0.2, 0.25) is 0 Å². The van der Waals surface area contributed by atoms with Crippen LogP contribution in [-0.2, 0) is 0 Å². The quantitative estimate of drug-likeness (QED) is 0.790. The highest BCUT2D eigenvalue weighted by atomic mass is 19.4. The first-order valence-electron chi connectivity index (χ1n) is 4.72. The minimum absolute atomic E-state index is 0.0221. The minimum atomic E-state index is -4.72. The van der Waals surface area contributed by atoms with E-state index in [9.17, 15) is 13.2 Å². The molecule has 0 radical (unpaired) electrons. The van der Waals surface area contributed by atoms with Crippen molar-refractivity contribution >= 4 is 11.4 Å². The van der Waals surface area contributed by atoms with Crippen LogP contribution in [0.25, 0.3) is 0 Å². The fourth-order valence-corrected chi connectivity index (χ4v) is 1.14. The van der Waals surface area contributed by atoms with Crippen molar-refractivity contribution in [3.8, 4) is 6.07 Å². The van der Waals surface area contributed by atoms with E-state index in [4.69, 9.17) is 16.7 Å². The first-order chi connectivity index (χ1) is 8.38. The Morgan fingerprint density at radius 2 is 2.06 bits per heavy atom. The van der Waals surface area contributed by atoms with Crippen molar-refractivity contribution in [2.45, 2.75) is 6.18 Å². The number of hydrogen-bond donors (Lipinski definition) is 2. The number of allylic oxidation sites excluding steroid dienone is 1. The van der Waals surface area contributed by atoms with Gasteiger partial charge in [0.15, 0.2) is 5.71 Å². The van der Waals surface area contributed by atoms with Crippen molar-refractivity contribution in [1.29, 1.82) is 5.26 Å². The molecule has 0 aliphatic carbocycles. The SMILES string of the molecule is N#Cc1cccc(N=C(/C(N)=C\N)C(F)(F)F)c1. The first-order valence-corrected chi connectivity index (χ1v) is 4.72. The summed E-state index contributed by atoms with van der Waals surface area (Å²) in [6, 6.07) is 7.23. The van der Waals surface area contributed by atoms with Crippen LogP contribution < -0.4 is 11.5 Å². The summed E-state index contributed by atoms with van der Waals surface area (Å²) in [5.41, 5.74) is 8.31. The molecule has 1 aromatic carbocycles. The normalized spacial score (nSPS) is 13.2. The molecule has 4 N–H and O–H groups in total. The molecule has 0 aliphatic rings. The van der Waals surface area contributed by atoms with E-state index in [1.807, 2.05) is 0 Å². The van der Waals surface area contributed by atoms with Crippen molar-refractivity contribution in [2.24, 2.45) is 16.5 Å². The number of alkyl halides is 3. The largest absolute Gasteiger partial charge is 0.435 e. The van der Waals surface area contributed by atoms with Gasteiger partial charge in [0, 0.05) is 6.20 Å². The van der Waals surface area contributed by atoms with Crippen molar-refractivity contribution in [3.05, 3.63) is 41.7 Å². The third-order valence-corrected chi connectivity index (χ3v) is 1.94. The van der Waals surface area contributed by atoms with Crippen LogP contribution in [0, 0.1) is 11.3 Å². The predicted molar refractivity (Wildman–Crippen MR) is 60.8 cm³/mol. The van der Waals surface area contributed by atoms with Gasteiger partial charge in [-0.15, -0.1) is 0 Å². The van der Waals surface area contributed by atoms with Gasteiger partial charge in [-0.2, -0.15) is 18.4 Å². The van der Waals surface area contributed by atoms with Crippen LogP contribution in [0.15, 0.2) is 41.2 Å². The van der Waals surface area contributed by atoms with Crippen molar-refractivity contribution in [1.82, 2.24) is 0 Å². The zero-order valence-electron chi connectivity index (χ0n) is 9.07. The van der Waals surface area contributed by atoms with E-state index in [1.165, 1.54) is 24.3 Å². The highest BCUT2D eigenvalue weighted by Gasteiger charge is 2.37. The number of nitriles is 1. The molecule has 0 saturated heterocycles. The van der Waals surface area contributed by atoms with Crippen LogP contribution in [0.3, 0.4) is 0 Å². The minimum Gasteiger partial charge on any atom is -0.403 e. The molecule has 7 heteroatoms. The van der Waals surface area contributed by atoms with Crippen LogP contribution in [-0.4, -0.2) is 11.9 Å². The van der Waals surface area contributed by atoms with Crippen LogP contribution in [0.4, 0.5) is 18.9 Å². The molecule has 0 aromatic heterocycles. The number of nitrogens with zero attached hydrogens (tertiary/aromatic N) is 2. The Bertz CT molecular complexity index is 538. The van der Waals surface area contributed by atoms with E-state index in [0.29, 0.717) is 6.20 Å². The van der Waals surface area contributed by atoms with Gasteiger partial charge >= 0.3 is 6.18 Å². The fourth-order valence-electron chi connectivity index (χ4n) is 1.14. The average molecular weight is 254 g/mol. The number of benzene rings is 1. The van der Waals surface area contributed by atoms with Gasteiger partial charge in [-0.05, 0) is 18.2 Å². The third-order valence-electron chi connectivity index (χ3n) is 1.94. The Kier molecular flexibility index (Phi) is 3.94. The maximum absolute atomic E-state index is 12.7. The molecule has 0 aliphatic heterocycles. The molecule has 0 atom stereocenters. The van der Waals surface area contributed by atoms with Crippen molar-refractivity contribution in [3.63, 3.8) is 0 Å². The van der Waals surface area contributed by atoms with Gasteiger partial charge in [0.2, 0.25) is 0 Å². The second-order valence-corrected chi connectivity index (χ2v) is 3.24. The number of hydrogen-bond acceptors (Lipinski definition) is 4. The van der Waals surface area contributed by atoms with Gasteiger partial charge in [-0.25, -0.2) is 4.99 Å². The molecule has 0 unspecified atom stereocenters. The molecule has 0 bridgehead atoms. The molecule has 94 valence electrons. The van der Waals surface area contributed by atoms with E-state index < -0.39 is 17.6 Å².